The molecule has 5 nitrogen and oxygen atoms in total. The first kappa shape index (κ1) is 12.1. The molecule has 0 aromatic rings. The quantitative estimate of drug-likeness (QED) is 0.550. The molecule has 1 atom stereocenters. The molecule has 0 amide bonds. The third-order valence-corrected chi connectivity index (χ3v) is 3.50. The Hall–Kier alpha value is 0.0700. The maximum Gasteiger partial charge on any atom is 0.358 e. The summed E-state index contributed by atoms with van der Waals surface area (Å²) in [6.45, 7) is 3.40. The lowest BCUT2D eigenvalue weighted by Crippen LogP contribution is -2.39. The first-order valence-electron chi connectivity index (χ1n) is 3.83. The number of hydrogen-bond donors (Lipinski definition) is 3. The SMILES string of the molecule is CCOC(CC)(CN)P(=O)(O)O. The lowest BCUT2D eigenvalue weighted by Gasteiger charge is -2.31. The molecule has 0 aliphatic rings. The molecule has 0 spiro atoms. The van der Waals surface area contributed by atoms with Gasteiger partial charge >= 0.3 is 7.60 Å². The van der Waals surface area contributed by atoms with Crippen LogP contribution in [0, 0.1) is 0 Å². The van der Waals surface area contributed by atoms with Gasteiger partial charge in [-0.2, -0.15) is 0 Å². The molecule has 1 unspecified atom stereocenters. The van der Waals surface area contributed by atoms with Crippen molar-refractivity contribution in [3.8, 4) is 0 Å². The van der Waals surface area contributed by atoms with Gasteiger partial charge in [0, 0.05) is 13.2 Å². The summed E-state index contributed by atoms with van der Waals surface area (Å²) in [5.41, 5.74) is 5.27. The summed E-state index contributed by atoms with van der Waals surface area (Å²) in [6.07, 6.45) is 0.210. The van der Waals surface area contributed by atoms with E-state index in [0.29, 0.717) is 0 Å². The van der Waals surface area contributed by atoms with Gasteiger partial charge in [0.1, 0.15) is 0 Å². The van der Waals surface area contributed by atoms with E-state index in [0.717, 1.165) is 0 Å². The normalized spacial score (nSPS) is 17.4. The van der Waals surface area contributed by atoms with Crippen LogP contribution in [0.3, 0.4) is 0 Å². The number of nitrogens with two attached hydrogens (primary N) is 1. The first-order chi connectivity index (χ1) is 5.43. The lowest BCUT2D eigenvalue weighted by atomic mass is 10.3. The molecule has 4 N–H and O–H groups in total. The van der Waals surface area contributed by atoms with Crippen molar-refractivity contribution >= 4 is 7.60 Å². The fourth-order valence-electron chi connectivity index (χ4n) is 0.983. The summed E-state index contributed by atoms with van der Waals surface area (Å²) in [4.78, 5) is 17.9. The summed E-state index contributed by atoms with van der Waals surface area (Å²) in [6, 6.07) is 0. The average Bonchev–Trinajstić information content (AvgIpc) is 1.98. The Balaban J connectivity index is 4.70. The second-order valence-electron chi connectivity index (χ2n) is 2.48. The summed E-state index contributed by atoms with van der Waals surface area (Å²) < 4.78 is 16.0. The van der Waals surface area contributed by atoms with E-state index >= 15 is 0 Å². The maximum atomic E-state index is 11.0. The minimum absolute atomic E-state index is 0.165. The predicted molar refractivity (Wildman–Crippen MR) is 45.7 cm³/mol. The van der Waals surface area contributed by atoms with Crippen molar-refractivity contribution in [2.24, 2.45) is 5.73 Å². The molecule has 0 fully saturated rings. The first-order valence-corrected chi connectivity index (χ1v) is 5.44. The van der Waals surface area contributed by atoms with Crippen molar-refractivity contribution in [3.63, 3.8) is 0 Å². The minimum atomic E-state index is -4.27. The topological polar surface area (TPSA) is 92.8 Å². The molecule has 6 heteroatoms. The fraction of sp³-hybridized carbons (Fsp3) is 1.00. The van der Waals surface area contributed by atoms with Crippen LogP contribution in [-0.4, -0.2) is 28.3 Å². The summed E-state index contributed by atoms with van der Waals surface area (Å²) >= 11 is 0. The summed E-state index contributed by atoms with van der Waals surface area (Å²) in [5, 5.41) is -1.48. The Morgan fingerprint density at radius 1 is 1.50 bits per heavy atom. The highest BCUT2D eigenvalue weighted by Crippen LogP contribution is 2.52. The average molecular weight is 197 g/mol. The van der Waals surface area contributed by atoms with Crippen LogP contribution in [0.15, 0.2) is 0 Å². The monoisotopic (exact) mass is 197 g/mol. The van der Waals surface area contributed by atoms with Gasteiger partial charge in [-0.15, -0.1) is 0 Å². The van der Waals surface area contributed by atoms with Gasteiger partial charge in [0.2, 0.25) is 0 Å². The van der Waals surface area contributed by atoms with Crippen molar-refractivity contribution in [3.05, 3.63) is 0 Å². The van der Waals surface area contributed by atoms with Crippen LogP contribution in [0.25, 0.3) is 0 Å². The van der Waals surface area contributed by atoms with Crippen LogP contribution in [0.4, 0.5) is 0 Å². The zero-order valence-corrected chi connectivity index (χ0v) is 8.25. The molecule has 0 aromatic carbocycles. The van der Waals surface area contributed by atoms with E-state index < -0.39 is 12.9 Å². The van der Waals surface area contributed by atoms with E-state index in [9.17, 15) is 4.57 Å². The molecule has 0 saturated carbocycles. The smallest absolute Gasteiger partial charge is 0.358 e. The zero-order chi connectivity index (χ0) is 9.83. The van der Waals surface area contributed by atoms with Crippen molar-refractivity contribution in [1.82, 2.24) is 0 Å². The van der Waals surface area contributed by atoms with Gasteiger partial charge in [-0.25, -0.2) is 0 Å². The maximum absolute atomic E-state index is 11.0. The molecular weight excluding hydrogens is 181 g/mol. The molecular formula is C6H16NO4P. The van der Waals surface area contributed by atoms with Gasteiger partial charge in [0.15, 0.2) is 5.34 Å². The lowest BCUT2D eigenvalue weighted by molar-refractivity contribution is 0.00987. The number of ether oxygens (including phenoxy) is 1. The zero-order valence-electron chi connectivity index (χ0n) is 7.36. The van der Waals surface area contributed by atoms with Crippen LogP contribution in [0.1, 0.15) is 20.3 Å². The Labute approximate surface area is 72.1 Å². The molecule has 0 bridgehead atoms. The van der Waals surface area contributed by atoms with Gasteiger partial charge in [-0.3, -0.25) is 4.57 Å². The van der Waals surface area contributed by atoms with Crippen molar-refractivity contribution in [2.75, 3.05) is 13.2 Å². The molecule has 0 heterocycles. The summed E-state index contributed by atoms with van der Waals surface area (Å²) in [5.74, 6) is 0. The van der Waals surface area contributed by atoms with E-state index in [2.05, 4.69) is 0 Å². The Morgan fingerprint density at radius 2 is 2.00 bits per heavy atom. The molecule has 0 radical (unpaired) electrons. The second-order valence-corrected chi connectivity index (χ2v) is 4.38. The third-order valence-electron chi connectivity index (χ3n) is 1.82. The van der Waals surface area contributed by atoms with Gasteiger partial charge in [-0.1, -0.05) is 6.92 Å². The largest absolute Gasteiger partial charge is 0.361 e. The minimum Gasteiger partial charge on any atom is -0.361 e. The highest BCUT2D eigenvalue weighted by atomic mass is 31.2. The Kier molecular flexibility index (Phi) is 4.37. The van der Waals surface area contributed by atoms with Gasteiger partial charge in [0.25, 0.3) is 0 Å². The van der Waals surface area contributed by atoms with Crippen molar-refractivity contribution < 1.29 is 19.1 Å². The standard InChI is InChI=1S/C6H16NO4P/c1-3-6(5-7,11-4-2)12(8,9)10/h3-5,7H2,1-2H3,(H2,8,9,10). The second kappa shape index (κ2) is 4.35. The van der Waals surface area contributed by atoms with Gasteiger partial charge in [-0.05, 0) is 13.3 Å². The molecule has 0 aliphatic carbocycles. The van der Waals surface area contributed by atoms with Crippen LogP contribution < -0.4 is 5.73 Å². The predicted octanol–water partition coefficient (Wildman–Crippen LogP) is 0.266. The van der Waals surface area contributed by atoms with Gasteiger partial charge in [0.05, 0.1) is 0 Å². The van der Waals surface area contributed by atoms with E-state index in [1.54, 1.807) is 13.8 Å². The Bertz CT molecular complexity index is 174. The molecule has 12 heavy (non-hydrogen) atoms. The van der Waals surface area contributed by atoms with E-state index in [1.807, 2.05) is 0 Å². The molecule has 0 saturated heterocycles. The van der Waals surface area contributed by atoms with Crippen molar-refractivity contribution in [1.29, 1.82) is 0 Å². The molecule has 0 aliphatic heterocycles. The summed E-state index contributed by atoms with van der Waals surface area (Å²) in [7, 11) is -4.27. The van der Waals surface area contributed by atoms with E-state index in [1.165, 1.54) is 0 Å². The highest BCUT2D eigenvalue weighted by Gasteiger charge is 2.45. The third kappa shape index (κ3) is 2.28. The fourth-order valence-corrected chi connectivity index (χ4v) is 1.93. The Morgan fingerprint density at radius 3 is 2.08 bits per heavy atom. The molecule has 0 rings (SSSR count). The van der Waals surface area contributed by atoms with Crippen LogP contribution in [-0.2, 0) is 9.30 Å². The van der Waals surface area contributed by atoms with Crippen molar-refractivity contribution in [2.45, 2.75) is 25.6 Å². The van der Waals surface area contributed by atoms with Crippen LogP contribution >= 0.6 is 7.60 Å². The molecule has 74 valence electrons. The van der Waals surface area contributed by atoms with E-state index in [-0.39, 0.29) is 19.6 Å². The highest BCUT2D eigenvalue weighted by molar-refractivity contribution is 7.53. The van der Waals surface area contributed by atoms with Gasteiger partial charge < -0.3 is 20.3 Å². The number of hydrogen-bond acceptors (Lipinski definition) is 3. The number of rotatable bonds is 5. The van der Waals surface area contributed by atoms with Crippen LogP contribution in [0.5, 0.6) is 0 Å². The van der Waals surface area contributed by atoms with E-state index in [4.69, 9.17) is 20.3 Å². The molecule has 0 aromatic heterocycles. The van der Waals surface area contributed by atoms with Crippen LogP contribution in [0.2, 0.25) is 0 Å².